The lowest BCUT2D eigenvalue weighted by atomic mass is 10.1. The van der Waals surface area contributed by atoms with E-state index >= 15 is 0 Å². The summed E-state index contributed by atoms with van der Waals surface area (Å²) in [6.45, 7) is 4.35. The van der Waals surface area contributed by atoms with E-state index in [0.29, 0.717) is 18.9 Å². The van der Waals surface area contributed by atoms with Crippen LogP contribution in [0.4, 0.5) is 10.1 Å². The Labute approximate surface area is 143 Å². The van der Waals surface area contributed by atoms with Crippen LogP contribution in [0.15, 0.2) is 24.3 Å². The van der Waals surface area contributed by atoms with Gasteiger partial charge in [0.2, 0.25) is 5.91 Å². The third-order valence-corrected chi connectivity index (χ3v) is 3.57. The maximum atomic E-state index is 12.9. The second-order valence-electron chi connectivity index (χ2n) is 5.56. The fraction of sp³-hybridized carbons (Fsp3) is 0.533. The summed E-state index contributed by atoms with van der Waals surface area (Å²) in [4.78, 5) is 13.8. The fourth-order valence-electron chi connectivity index (χ4n) is 2.51. The van der Waals surface area contributed by atoms with Crippen molar-refractivity contribution in [3.05, 3.63) is 30.1 Å². The van der Waals surface area contributed by atoms with E-state index in [0.717, 1.165) is 25.2 Å². The molecule has 0 radical (unpaired) electrons. The molecule has 0 bridgehead atoms. The van der Waals surface area contributed by atoms with Gasteiger partial charge in [-0.05, 0) is 43.5 Å². The van der Waals surface area contributed by atoms with Crippen molar-refractivity contribution in [3.63, 3.8) is 0 Å². The number of amides is 1. The quantitative estimate of drug-likeness (QED) is 0.855. The molecule has 0 spiro atoms. The van der Waals surface area contributed by atoms with E-state index in [4.69, 9.17) is 5.73 Å². The summed E-state index contributed by atoms with van der Waals surface area (Å²) in [5.41, 5.74) is 6.63. The highest BCUT2D eigenvalue weighted by molar-refractivity contribution is 5.85. The van der Waals surface area contributed by atoms with Crippen LogP contribution >= 0.6 is 24.8 Å². The summed E-state index contributed by atoms with van der Waals surface area (Å²) in [5, 5.41) is 2.93. The van der Waals surface area contributed by atoms with Crippen LogP contribution in [0.25, 0.3) is 0 Å². The molecule has 1 amide bonds. The average Bonchev–Trinajstić information content (AvgIpc) is 2.85. The van der Waals surface area contributed by atoms with Crippen molar-refractivity contribution in [1.29, 1.82) is 0 Å². The van der Waals surface area contributed by atoms with Gasteiger partial charge in [-0.1, -0.05) is 0 Å². The zero-order valence-electron chi connectivity index (χ0n) is 12.6. The van der Waals surface area contributed by atoms with Crippen LogP contribution in [0.5, 0.6) is 0 Å². The number of hydrogen-bond donors (Lipinski definition) is 2. The zero-order chi connectivity index (χ0) is 14.5. The monoisotopic (exact) mass is 351 g/mol. The minimum absolute atomic E-state index is 0. The Kier molecular flexibility index (Phi) is 9.41. The molecule has 1 saturated heterocycles. The minimum atomic E-state index is -0.215. The Morgan fingerprint density at radius 1 is 1.41 bits per heavy atom. The third-order valence-electron chi connectivity index (χ3n) is 3.57. The molecule has 1 aromatic carbocycles. The molecule has 1 aliphatic rings. The Hall–Kier alpha value is -1.04. The van der Waals surface area contributed by atoms with Crippen molar-refractivity contribution in [1.82, 2.24) is 5.32 Å². The van der Waals surface area contributed by atoms with E-state index in [1.165, 1.54) is 12.1 Å². The number of carbonyl (C=O) groups is 1. The lowest BCUT2D eigenvalue weighted by molar-refractivity contribution is -0.121. The van der Waals surface area contributed by atoms with Crippen molar-refractivity contribution in [2.24, 2.45) is 11.7 Å². The first kappa shape index (κ1) is 21.0. The maximum absolute atomic E-state index is 12.9. The van der Waals surface area contributed by atoms with Crippen LogP contribution < -0.4 is 16.0 Å². The van der Waals surface area contributed by atoms with E-state index in [-0.39, 0.29) is 42.6 Å². The molecule has 2 rings (SSSR count). The predicted molar refractivity (Wildman–Crippen MR) is 92.5 cm³/mol. The average molecular weight is 352 g/mol. The van der Waals surface area contributed by atoms with Crippen LogP contribution in [0, 0.1) is 11.7 Å². The molecule has 2 atom stereocenters. The highest BCUT2D eigenvalue weighted by atomic mass is 35.5. The van der Waals surface area contributed by atoms with Crippen molar-refractivity contribution in [2.45, 2.75) is 25.8 Å². The van der Waals surface area contributed by atoms with Crippen LogP contribution in [0.3, 0.4) is 0 Å². The molecule has 126 valence electrons. The molecular weight excluding hydrogens is 328 g/mol. The second kappa shape index (κ2) is 9.87. The Morgan fingerprint density at radius 3 is 2.64 bits per heavy atom. The summed E-state index contributed by atoms with van der Waals surface area (Å²) >= 11 is 0. The lowest BCUT2D eigenvalue weighted by Gasteiger charge is -2.19. The smallest absolute Gasteiger partial charge is 0.221 e. The normalized spacial score (nSPS) is 18.1. The molecule has 7 heteroatoms. The molecule has 3 N–H and O–H groups in total. The van der Waals surface area contributed by atoms with Gasteiger partial charge in [0.15, 0.2) is 0 Å². The fourth-order valence-corrected chi connectivity index (χ4v) is 2.51. The van der Waals surface area contributed by atoms with E-state index in [1.54, 1.807) is 12.1 Å². The van der Waals surface area contributed by atoms with Gasteiger partial charge in [-0.3, -0.25) is 4.79 Å². The summed E-state index contributed by atoms with van der Waals surface area (Å²) in [6.07, 6.45) is 1.41. The van der Waals surface area contributed by atoms with Gasteiger partial charge in [-0.25, -0.2) is 4.39 Å². The predicted octanol–water partition coefficient (Wildman–Crippen LogP) is 2.35. The first-order valence-electron chi connectivity index (χ1n) is 7.07. The molecule has 1 aromatic rings. The first-order chi connectivity index (χ1) is 9.54. The van der Waals surface area contributed by atoms with Crippen LogP contribution in [0.2, 0.25) is 0 Å². The number of nitrogens with two attached hydrogens (primary N) is 1. The van der Waals surface area contributed by atoms with Gasteiger partial charge in [0.1, 0.15) is 5.82 Å². The van der Waals surface area contributed by atoms with Crippen LogP contribution in [-0.2, 0) is 4.79 Å². The molecule has 0 saturated carbocycles. The van der Waals surface area contributed by atoms with E-state index < -0.39 is 0 Å². The number of carbonyl (C=O) groups excluding carboxylic acids is 1. The van der Waals surface area contributed by atoms with Gasteiger partial charge in [0.05, 0.1) is 0 Å². The molecule has 22 heavy (non-hydrogen) atoms. The standard InChI is InChI=1S/C15H22FN3O.2ClH/c1-11(17)8-15(20)18-9-12-6-7-19(10-12)14-4-2-13(16)3-5-14;;/h2-5,11-12H,6-10,17H2,1H3,(H,18,20);2*1H. The van der Waals surface area contributed by atoms with Gasteiger partial charge in [0, 0.05) is 37.8 Å². The lowest BCUT2D eigenvalue weighted by Crippen LogP contribution is -2.34. The largest absolute Gasteiger partial charge is 0.371 e. The molecule has 0 aromatic heterocycles. The van der Waals surface area contributed by atoms with Crippen LogP contribution in [0.1, 0.15) is 19.8 Å². The topological polar surface area (TPSA) is 58.4 Å². The number of benzene rings is 1. The molecule has 2 unspecified atom stereocenters. The number of hydrogen-bond acceptors (Lipinski definition) is 3. The summed E-state index contributed by atoms with van der Waals surface area (Å²) in [5.74, 6) is 0.241. The summed E-state index contributed by atoms with van der Waals surface area (Å²) in [7, 11) is 0. The number of halogens is 3. The Morgan fingerprint density at radius 2 is 2.05 bits per heavy atom. The van der Waals surface area contributed by atoms with Crippen molar-refractivity contribution in [3.8, 4) is 0 Å². The van der Waals surface area contributed by atoms with Crippen molar-refractivity contribution >= 4 is 36.4 Å². The minimum Gasteiger partial charge on any atom is -0.371 e. The number of nitrogens with zero attached hydrogens (tertiary/aromatic N) is 1. The van der Waals surface area contributed by atoms with Crippen LogP contribution in [-0.4, -0.2) is 31.6 Å². The third kappa shape index (κ3) is 6.38. The van der Waals surface area contributed by atoms with Gasteiger partial charge < -0.3 is 16.0 Å². The molecular formula is C15H24Cl2FN3O. The summed E-state index contributed by atoms with van der Waals surface area (Å²) < 4.78 is 12.9. The number of anilines is 1. The summed E-state index contributed by atoms with van der Waals surface area (Å²) in [6, 6.07) is 6.45. The van der Waals surface area contributed by atoms with Gasteiger partial charge in [-0.15, -0.1) is 24.8 Å². The highest BCUT2D eigenvalue weighted by Gasteiger charge is 2.23. The Balaban J connectivity index is 0.00000220. The van der Waals surface area contributed by atoms with Gasteiger partial charge in [-0.2, -0.15) is 0 Å². The molecule has 1 heterocycles. The molecule has 1 fully saturated rings. The van der Waals surface area contributed by atoms with Crippen molar-refractivity contribution < 1.29 is 9.18 Å². The second-order valence-corrected chi connectivity index (χ2v) is 5.56. The maximum Gasteiger partial charge on any atom is 0.221 e. The van der Waals surface area contributed by atoms with E-state index in [1.807, 2.05) is 6.92 Å². The van der Waals surface area contributed by atoms with E-state index in [2.05, 4.69) is 10.2 Å². The Bertz CT molecular complexity index is 457. The molecule has 4 nitrogen and oxygen atoms in total. The zero-order valence-corrected chi connectivity index (χ0v) is 14.3. The first-order valence-corrected chi connectivity index (χ1v) is 7.07. The number of rotatable bonds is 5. The van der Waals surface area contributed by atoms with Gasteiger partial charge >= 0.3 is 0 Å². The highest BCUT2D eigenvalue weighted by Crippen LogP contribution is 2.23. The molecule has 0 aliphatic carbocycles. The molecule has 1 aliphatic heterocycles. The van der Waals surface area contributed by atoms with E-state index in [9.17, 15) is 9.18 Å². The SMILES string of the molecule is CC(N)CC(=O)NCC1CCN(c2ccc(F)cc2)C1.Cl.Cl. The van der Waals surface area contributed by atoms with Gasteiger partial charge in [0.25, 0.3) is 0 Å². The van der Waals surface area contributed by atoms with Crippen molar-refractivity contribution in [2.75, 3.05) is 24.5 Å². The number of nitrogens with one attached hydrogen (secondary N) is 1.